The molecule has 4 aromatic rings. The minimum atomic E-state index is -4.06. The Balaban J connectivity index is 1.78. The Morgan fingerprint density at radius 1 is 0.778 bits per heavy atom. The number of hydrogen-bond acceptors (Lipinski definition) is 1. The molecule has 4 rings (SSSR count). The number of halogens is 2. The Kier molecular flexibility index (Phi) is 4.79. The summed E-state index contributed by atoms with van der Waals surface area (Å²) < 4.78 is 13.3. The minimum Gasteiger partial charge on any atom is -0.336 e. The van der Waals surface area contributed by atoms with E-state index < -0.39 is 7.60 Å². The molecule has 4 nitrogen and oxygen atoms in total. The zero-order valence-electron chi connectivity index (χ0n) is 14.1. The molecule has 0 atom stereocenters. The highest BCUT2D eigenvalue weighted by molar-refractivity contribution is 7.50. The number of aromatic nitrogens is 1. The summed E-state index contributed by atoms with van der Waals surface area (Å²) in [5.41, 5.74) is 3.76. The summed E-state index contributed by atoms with van der Waals surface area (Å²) in [5.74, 6) is 0. The Morgan fingerprint density at radius 2 is 1.26 bits per heavy atom. The van der Waals surface area contributed by atoms with Gasteiger partial charge in [0.05, 0.1) is 6.16 Å². The highest BCUT2D eigenvalue weighted by atomic mass is 35.5. The van der Waals surface area contributed by atoms with Crippen LogP contribution in [-0.2, 0) is 17.3 Å². The maximum atomic E-state index is 11.2. The van der Waals surface area contributed by atoms with E-state index in [1.165, 1.54) is 0 Å². The van der Waals surface area contributed by atoms with Crippen molar-refractivity contribution in [3.8, 4) is 0 Å². The Labute approximate surface area is 166 Å². The molecule has 2 N–H and O–H groups in total. The monoisotopic (exact) mass is 419 g/mol. The molecule has 0 unspecified atom stereocenters. The lowest BCUT2D eigenvalue weighted by molar-refractivity contribution is 0.371. The lowest BCUT2D eigenvalue weighted by Gasteiger charge is -2.09. The number of hydrogen-bond donors (Lipinski definition) is 2. The van der Waals surface area contributed by atoms with Gasteiger partial charge in [-0.3, -0.25) is 4.57 Å². The molecule has 0 spiro atoms. The van der Waals surface area contributed by atoms with E-state index in [1.54, 1.807) is 12.1 Å². The van der Waals surface area contributed by atoms with Gasteiger partial charge in [0.1, 0.15) is 0 Å². The molecule has 138 valence electrons. The molecule has 0 aliphatic heterocycles. The first kappa shape index (κ1) is 18.5. The van der Waals surface area contributed by atoms with Crippen LogP contribution in [-0.4, -0.2) is 14.4 Å². The van der Waals surface area contributed by atoms with Gasteiger partial charge in [-0.25, -0.2) is 0 Å². The summed E-state index contributed by atoms with van der Waals surface area (Å²) in [7, 11) is -4.06. The van der Waals surface area contributed by atoms with Gasteiger partial charge in [0, 0.05) is 38.4 Å². The van der Waals surface area contributed by atoms with E-state index in [-0.39, 0.29) is 6.16 Å². The summed E-state index contributed by atoms with van der Waals surface area (Å²) in [6.45, 7) is 0.624. The number of fused-ring (bicyclic) bond motifs is 3. The van der Waals surface area contributed by atoms with E-state index in [1.807, 2.05) is 48.5 Å². The summed E-state index contributed by atoms with van der Waals surface area (Å²) in [4.78, 5) is 18.2. The quantitative estimate of drug-likeness (QED) is 0.409. The second kappa shape index (κ2) is 6.97. The number of nitrogens with zero attached hydrogens (tertiary/aromatic N) is 1. The first-order valence-electron chi connectivity index (χ1n) is 8.29. The zero-order chi connectivity index (χ0) is 19.2. The van der Waals surface area contributed by atoms with Crippen LogP contribution in [0.2, 0.25) is 10.0 Å². The molecule has 1 aromatic heterocycles. The van der Waals surface area contributed by atoms with Gasteiger partial charge in [-0.05, 0) is 47.5 Å². The number of benzene rings is 3. The van der Waals surface area contributed by atoms with Crippen LogP contribution in [0.15, 0.2) is 60.7 Å². The van der Waals surface area contributed by atoms with E-state index in [0.29, 0.717) is 22.2 Å². The topological polar surface area (TPSA) is 62.5 Å². The fraction of sp³-hybridized carbons (Fsp3) is 0.100. The Bertz CT molecular complexity index is 1140. The van der Waals surface area contributed by atoms with Gasteiger partial charge in [0.2, 0.25) is 0 Å². The maximum absolute atomic E-state index is 11.2. The van der Waals surface area contributed by atoms with Crippen LogP contribution < -0.4 is 0 Å². The summed E-state index contributed by atoms with van der Waals surface area (Å²) in [5, 5.41) is 3.42. The standard InChI is InChI=1S/C20H16Cl2NO3P/c21-15-5-7-19-17(9-15)18-10-16(22)6-8-20(18)23(19)11-13-1-3-14(4-2-13)12-27(24,25)26/h1-10H,11-12H2,(H2,24,25,26). The van der Waals surface area contributed by atoms with Crippen LogP contribution in [0.4, 0.5) is 0 Å². The Morgan fingerprint density at radius 3 is 1.74 bits per heavy atom. The highest BCUT2D eigenvalue weighted by Crippen LogP contribution is 2.39. The van der Waals surface area contributed by atoms with Gasteiger partial charge >= 0.3 is 7.60 Å². The van der Waals surface area contributed by atoms with Gasteiger partial charge in [0.25, 0.3) is 0 Å². The smallest absolute Gasteiger partial charge is 0.329 e. The molecule has 1 heterocycles. The highest BCUT2D eigenvalue weighted by Gasteiger charge is 2.15. The summed E-state index contributed by atoms with van der Waals surface area (Å²) >= 11 is 12.4. The molecule has 0 saturated carbocycles. The van der Waals surface area contributed by atoms with Crippen molar-refractivity contribution in [3.05, 3.63) is 81.8 Å². The van der Waals surface area contributed by atoms with E-state index >= 15 is 0 Å². The molecular formula is C20H16Cl2NO3P. The van der Waals surface area contributed by atoms with E-state index in [0.717, 1.165) is 27.4 Å². The van der Waals surface area contributed by atoms with Gasteiger partial charge in [-0.1, -0.05) is 47.5 Å². The van der Waals surface area contributed by atoms with Crippen molar-refractivity contribution in [2.24, 2.45) is 0 Å². The molecule has 0 aliphatic carbocycles. The lowest BCUT2D eigenvalue weighted by atomic mass is 10.1. The van der Waals surface area contributed by atoms with E-state index in [9.17, 15) is 4.57 Å². The lowest BCUT2D eigenvalue weighted by Crippen LogP contribution is -1.99. The molecular weight excluding hydrogens is 404 g/mol. The maximum Gasteiger partial charge on any atom is 0.329 e. The average molecular weight is 420 g/mol. The normalized spacial score (nSPS) is 12.1. The minimum absolute atomic E-state index is 0.250. The summed E-state index contributed by atoms with van der Waals surface area (Å²) in [6, 6.07) is 18.9. The van der Waals surface area contributed by atoms with Crippen LogP contribution in [0, 0.1) is 0 Å². The van der Waals surface area contributed by atoms with Gasteiger partial charge < -0.3 is 14.4 Å². The van der Waals surface area contributed by atoms with Crippen LogP contribution in [0.5, 0.6) is 0 Å². The van der Waals surface area contributed by atoms with Crippen molar-refractivity contribution >= 4 is 52.6 Å². The van der Waals surface area contributed by atoms with E-state index in [4.69, 9.17) is 33.0 Å². The molecule has 0 aliphatic rings. The first-order chi connectivity index (χ1) is 12.8. The molecule has 3 aromatic carbocycles. The van der Waals surface area contributed by atoms with Gasteiger partial charge in [-0.2, -0.15) is 0 Å². The fourth-order valence-corrected chi connectivity index (χ4v) is 4.42. The molecule has 0 saturated heterocycles. The summed E-state index contributed by atoms with van der Waals surface area (Å²) in [6.07, 6.45) is -0.250. The third-order valence-electron chi connectivity index (χ3n) is 4.54. The van der Waals surface area contributed by atoms with Crippen LogP contribution >= 0.6 is 30.8 Å². The molecule has 7 heteroatoms. The van der Waals surface area contributed by atoms with Crippen LogP contribution in [0.3, 0.4) is 0 Å². The first-order valence-corrected chi connectivity index (χ1v) is 10.8. The predicted molar refractivity (Wildman–Crippen MR) is 111 cm³/mol. The number of rotatable bonds is 4. The molecule has 0 fully saturated rings. The van der Waals surface area contributed by atoms with Crippen molar-refractivity contribution in [1.82, 2.24) is 4.57 Å². The van der Waals surface area contributed by atoms with Crippen molar-refractivity contribution in [2.75, 3.05) is 0 Å². The van der Waals surface area contributed by atoms with Crippen molar-refractivity contribution < 1.29 is 14.4 Å². The molecule has 0 bridgehead atoms. The third-order valence-corrected chi connectivity index (χ3v) is 5.79. The Hall–Kier alpha value is -1.81. The van der Waals surface area contributed by atoms with Crippen LogP contribution in [0.25, 0.3) is 21.8 Å². The third kappa shape index (κ3) is 3.91. The molecule has 0 amide bonds. The predicted octanol–water partition coefficient (Wildman–Crippen LogP) is 5.83. The van der Waals surface area contributed by atoms with Crippen molar-refractivity contribution in [3.63, 3.8) is 0 Å². The van der Waals surface area contributed by atoms with Gasteiger partial charge in [0.15, 0.2) is 0 Å². The second-order valence-electron chi connectivity index (χ2n) is 6.55. The van der Waals surface area contributed by atoms with Gasteiger partial charge in [-0.15, -0.1) is 0 Å². The zero-order valence-corrected chi connectivity index (χ0v) is 16.5. The second-order valence-corrected chi connectivity index (χ2v) is 9.07. The molecule has 27 heavy (non-hydrogen) atoms. The SMILES string of the molecule is O=P(O)(O)Cc1ccc(Cn2c3ccc(Cl)cc3c3cc(Cl)ccc32)cc1. The largest absolute Gasteiger partial charge is 0.336 e. The average Bonchev–Trinajstić information content (AvgIpc) is 2.88. The van der Waals surface area contributed by atoms with E-state index in [2.05, 4.69) is 4.57 Å². The van der Waals surface area contributed by atoms with Crippen molar-refractivity contribution in [1.29, 1.82) is 0 Å². The van der Waals surface area contributed by atoms with Crippen LogP contribution in [0.1, 0.15) is 11.1 Å². The molecule has 0 radical (unpaired) electrons. The van der Waals surface area contributed by atoms with Crippen molar-refractivity contribution in [2.45, 2.75) is 12.7 Å². The fourth-order valence-electron chi connectivity index (χ4n) is 3.39.